The van der Waals surface area contributed by atoms with Gasteiger partial charge >= 0.3 is 0 Å². The molecule has 0 aliphatic heterocycles. The number of benzene rings is 1. The van der Waals surface area contributed by atoms with Crippen LogP contribution in [0.1, 0.15) is 18.9 Å². The molecule has 0 aliphatic carbocycles. The minimum Gasteiger partial charge on any atom is -0.488 e. The Morgan fingerprint density at radius 1 is 1.44 bits per heavy atom. The molecule has 0 bridgehead atoms. The lowest BCUT2D eigenvalue weighted by atomic mass is 10.1. The summed E-state index contributed by atoms with van der Waals surface area (Å²) in [6, 6.07) is 4.87. The van der Waals surface area contributed by atoms with Gasteiger partial charge in [-0.1, -0.05) is 0 Å². The summed E-state index contributed by atoms with van der Waals surface area (Å²) in [6.45, 7) is 4.13. The fourth-order valence-corrected chi connectivity index (χ4v) is 2.23. The van der Waals surface area contributed by atoms with Crippen molar-refractivity contribution in [3.63, 3.8) is 0 Å². The molecule has 2 aromatic rings. The van der Waals surface area contributed by atoms with E-state index in [0.29, 0.717) is 6.54 Å². The fraction of sp³-hybridized carbons (Fsp3) is 0.308. The summed E-state index contributed by atoms with van der Waals surface area (Å²) in [5.41, 5.74) is 6.99. The van der Waals surface area contributed by atoms with E-state index in [1.165, 1.54) is 17.4 Å². The molecule has 0 atom stereocenters. The second-order valence-electron chi connectivity index (χ2n) is 4.14. The molecule has 96 valence electrons. The van der Waals surface area contributed by atoms with Gasteiger partial charge in [0.05, 0.1) is 11.8 Å². The van der Waals surface area contributed by atoms with Gasteiger partial charge in [0.2, 0.25) is 0 Å². The van der Waals surface area contributed by atoms with Crippen LogP contribution in [-0.4, -0.2) is 11.1 Å². The van der Waals surface area contributed by atoms with Crippen molar-refractivity contribution in [1.82, 2.24) is 4.98 Å². The molecule has 0 saturated heterocycles. The second-order valence-corrected chi connectivity index (χ2v) is 5.09. The Bertz CT molecular complexity index is 540. The Balaban J connectivity index is 2.28. The van der Waals surface area contributed by atoms with Crippen molar-refractivity contribution in [1.29, 1.82) is 0 Å². The summed E-state index contributed by atoms with van der Waals surface area (Å²) in [7, 11) is 0. The summed E-state index contributed by atoms with van der Waals surface area (Å²) in [5, 5.41) is 2.72. The molecular formula is C13H15FN2OS. The van der Waals surface area contributed by atoms with Gasteiger partial charge in [-0.3, -0.25) is 0 Å². The zero-order valence-corrected chi connectivity index (χ0v) is 11.1. The van der Waals surface area contributed by atoms with Crippen molar-refractivity contribution in [3.8, 4) is 17.0 Å². The van der Waals surface area contributed by atoms with Crippen molar-refractivity contribution in [2.24, 2.45) is 5.73 Å². The van der Waals surface area contributed by atoms with Crippen LogP contribution in [0.2, 0.25) is 0 Å². The van der Waals surface area contributed by atoms with Gasteiger partial charge < -0.3 is 10.5 Å². The highest BCUT2D eigenvalue weighted by Crippen LogP contribution is 2.27. The van der Waals surface area contributed by atoms with E-state index in [1.54, 1.807) is 12.1 Å². The smallest absolute Gasteiger partial charge is 0.165 e. The molecule has 2 N–H and O–H groups in total. The maximum Gasteiger partial charge on any atom is 0.165 e. The average Bonchev–Trinajstić information content (AvgIpc) is 2.80. The van der Waals surface area contributed by atoms with Crippen LogP contribution >= 0.6 is 11.3 Å². The third kappa shape index (κ3) is 2.86. The molecule has 0 unspecified atom stereocenters. The highest BCUT2D eigenvalue weighted by atomic mass is 32.1. The van der Waals surface area contributed by atoms with Gasteiger partial charge in [-0.05, 0) is 32.0 Å². The first-order valence-corrected chi connectivity index (χ1v) is 6.59. The van der Waals surface area contributed by atoms with Gasteiger partial charge in [-0.15, -0.1) is 11.3 Å². The zero-order chi connectivity index (χ0) is 13.1. The van der Waals surface area contributed by atoms with Gasteiger partial charge in [0.15, 0.2) is 11.6 Å². The molecule has 1 heterocycles. The van der Waals surface area contributed by atoms with Crippen molar-refractivity contribution in [3.05, 3.63) is 34.4 Å². The lowest BCUT2D eigenvalue weighted by Crippen LogP contribution is -2.06. The van der Waals surface area contributed by atoms with E-state index < -0.39 is 0 Å². The number of hydrogen-bond acceptors (Lipinski definition) is 4. The van der Waals surface area contributed by atoms with Gasteiger partial charge in [-0.2, -0.15) is 0 Å². The van der Waals surface area contributed by atoms with E-state index >= 15 is 0 Å². The Morgan fingerprint density at radius 2 is 2.22 bits per heavy atom. The van der Waals surface area contributed by atoms with Crippen LogP contribution in [0.25, 0.3) is 11.3 Å². The van der Waals surface area contributed by atoms with Crippen LogP contribution < -0.4 is 10.5 Å². The van der Waals surface area contributed by atoms with Crippen LogP contribution in [0.15, 0.2) is 23.6 Å². The summed E-state index contributed by atoms with van der Waals surface area (Å²) in [4.78, 5) is 4.32. The quantitative estimate of drug-likeness (QED) is 0.924. The second kappa shape index (κ2) is 5.46. The van der Waals surface area contributed by atoms with E-state index in [2.05, 4.69) is 4.98 Å². The van der Waals surface area contributed by atoms with Gasteiger partial charge in [0, 0.05) is 17.5 Å². The fourth-order valence-electron chi connectivity index (χ4n) is 1.55. The summed E-state index contributed by atoms with van der Waals surface area (Å²) >= 11 is 1.48. The largest absolute Gasteiger partial charge is 0.488 e. The third-order valence-corrected chi connectivity index (χ3v) is 3.19. The van der Waals surface area contributed by atoms with Crippen molar-refractivity contribution < 1.29 is 9.13 Å². The van der Waals surface area contributed by atoms with E-state index in [0.717, 1.165) is 16.3 Å². The molecule has 0 spiro atoms. The van der Waals surface area contributed by atoms with Crippen molar-refractivity contribution in [2.75, 3.05) is 0 Å². The highest BCUT2D eigenvalue weighted by Gasteiger charge is 2.09. The molecule has 18 heavy (non-hydrogen) atoms. The van der Waals surface area contributed by atoms with E-state index in [4.69, 9.17) is 10.5 Å². The molecule has 2 rings (SSSR count). The SMILES string of the molecule is CC(C)Oc1ccc(-c2csc(CN)n2)cc1F. The number of hydrogen-bond donors (Lipinski definition) is 1. The lowest BCUT2D eigenvalue weighted by molar-refractivity contribution is 0.231. The Morgan fingerprint density at radius 3 is 2.78 bits per heavy atom. The number of rotatable bonds is 4. The normalized spacial score (nSPS) is 10.9. The molecule has 0 fully saturated rings. The first-order chi connectivity index (χ1) is 8.60. The van der Waals surface area contributed by atoms with Gasteiger partial charge in [0.1, 0.15) is 5.01 Å². The highest BCUT2D eigenvalue weighted by molar-refractivity contribution is 7.09. The van der Waals surface area contributed by atoms with Crippen LogP contribution in [0, 0.1) is 5.82 Å². The van der Waals surface area contributed by atoms with Crippen molar-refractivity contribution >= 4 is 11.3 Å². The minimum atomic E-state index is -0.372. The molecule has 0 radical (unpaired) electrons. The summed E-state index contributed by atoms with van der Waals surface area (Å²) < 4.78 is 19.2. The first kappa shape index (κ1) is 13.0. The van der Waals surface area contributed by atoms with Crippen LogP contribution in [-0.2, 0) is 6.54 Å². The maximum absolute atomic E-state index is 13.8. The summed E-state index contributed by atoms with van der Waals surface area (Å²) in [5.74, 6) is -0.105. The zero-order valence-electron chi connectivity index (χ0n) is 10.3. The van der Waals surface area contributed by atoms with Crippen LogP contribution in [0.3, 0.4) is 0 Å². The number of nitrogens with two attached hydrogens (primary N) is 1. The Kier molecular flexibility index (Phi) is 3.93. The average molecular weight is 266 g/mol. The molecule has 1 aromatic heterocycles. The molecular weight excluding hydrogens is 251 g/mol. The standard InChI is InChI=1S/C13H15FN2OS/c1-8(2)17-12-4-3-9(5-10(12)14)11-7-18-13(6-15)16-11/h3-5,7-8H,6,15H2,1-2H3. The van der Waals surface area contributed by atoms with E-state index in [1.807, 2.05) is 19.2 Å². The monoisotopic (exact) mass is 266 g/mol. The Labute approximate surface area is 109 Å². The third-order valence-electron chi connectivity index (χ3n) is 2.32. The maximum atomic E-state index is 13.8. The van der Waals surface area contributed by atoms with E-state index in [-0.39, 0.29) is 17.7 Å². The molecule has 0 saturated carbocycles. The number of thiazole rings is 1. The molecule has 0 amide bonds. The molecule has 0 aliphatic rings. The summed E-state index contributed by atoms with van der Waals surface area (Å²) in [6.07, 6.45) is -0.0477. The number of aromatic nitrogens is 1. The van der Waals surface area contributed by atoms with Gasteiger partial charge in [0.25, 0.3) is 0 Å². The van der Waals surface area contributed by atoms with E-state index in [9.17, 15) is 4.39 Å². The lowest BCUT2D eigenvalue weighted by Gasteiger charge is -2.10. The van der Waals surface area contributed by atoms with Gasteiger partial charge in [-0.25, -0.2) is 9.37 Å². The number of halogens is 1. The molecule has 3 nitrogen and oxygen atoms in total. The van der Waals surface area contributed by atoms with Crippen LogP contribution in [0.4, 0.5) is 4.39 Å². The topological polar surface area (TPSA) is 48.1 Å². The predicted octanol–water partition coefficient (Wildman–Crippen LogP) is 3.20. The predicted molar refractivity (Wildman–Crippen MR) is 71.2 cm³/mol. The molecule has 5 heteroatoms. The first-order valence-electron chi connectivity index (χ1n) is 5.71. The number of ether oxygens (including phenoxy) is 1. The molecule has 1 aromatic carbocycles. The van der Waals surface area contributed by atoms with Crippen LogP contribution in [0.5, 0.6) is 5.75 Å². The van der Waals surface area contributed by atoms with Crippen molar-refractivity contribution in [2.45, 2.75) is 26.5 Å². The number of nitrogens with zero attached hydrogens (tertiary/aromatic N) is 1. The Hall–Kier alpha value is -1.46. The minimum absolute atomic E-state index is 0.0477.